The first-order valence-electron chi connectivity index (χ1n) is 9.81. The van der Waals surface area contributed by atoms with E-state index in [2.05, 4.69) is 84.9 Å². The van der Waals surface area contributed by atoms with Crippen molar-refractivity contribution in [2.75, 3.05) is 0 Å². The van der Waals surface area contributed by atoms with Crippen LogP contribution in [0.15, 0.2) is 103 Å². The lowest BCUT2D eigenvalue weighted by Crippen LogP contribution is -1.84. The molecule has 1 heteroatoms. The summed E-state index contributed by atoms with van der Waals surface area (Å²) in [6.07, 6.45) is 0. The van der Waals surface area contributed by atoms with Crippen LogP contribution in [0, 0.1) is 0 Å². The Balaban J connectivity index is 1.50. The summed E-state index contributed by atoms with van der Waals surface area (Å²) in [7, 11) is 0. The van der Waals surface area contributed by atoms with E-state index in [-0.39, 0.29) is 0 Å². The summed E-state index contributed by atoms with van der Waals surface area (Å²) in [6.45, 7) is 0. The summed E-state index contributed by atoms with van der Waals surface area (Å²) in [4.78, 5) is 0. The molecule has 5 aromatic carbocycles. The van der Waals surface area contributed by atoms with Crippen molar-refractivity contribution < 1.29 is 0 Å². The highest BCUT2D eigenvalue weighted by Gasteiger charge is 2.21. The standard InChI is InChI=1S/C28H17Cl/c29-23-10-2-9-21(16-23)19-7-1-8-20(15-19)22-13-14-24-25-11-3-5-18-6-4-12-26(28(18)25)27(24)17-22/h1-17H. The van der Waals surface area contributed by atoms with Crippen LogP contribution in [0.1, 0.15) is 0 Å². The van der Waals surface area contributed by atoms with Gasteiger partial charge in [-0.3, -0.25) is 0 Å². The smallest absolute Gasteiger partial charge is 0.0412 e. The summed E-state index contributed by atoms with van der Waals surface area (Å²) in [6, 6.07) is 36.7. The normalized spacial score (nSPS) is 11.6. The van der Waals surface area contributed by atoms with E-state index in [0.717, 1.165) is 10.6 Å². The lowest BCUT2D eigenvalue weighted by atomic mass is 9.95. The molecule has 0 bridgehead atoms. The van der Waals surface area contributed by atoms with Crippen molar-refractivity contribution in [2.45, 2.75) is 0 Å². The predicted molar refractivity (Wildman–Crippen MR) is 124 cm³/mol. The Kier molecular flexibility index (Phi) is 3.62. The van der Waals surface area contributed by atoms with Crippen LogP contribution in [0.3, 0.4) is 0 Å². The zero-order valence-corrected chi connectivity index (χ0v) is 16.4. The maximum atomic E-state index is 6.20. The molecule has 0 saturated heterocycles. The quantitative estimate of drug-likeness (QED) is 0.279. The predicted octanol–water partition coefficient (Wildman–Crippen LogP) is 8.47. The van der Waals surface area contributed by atoms with Gasteiger partial charge in [0, 0.05) is 5.02 Å². The lowest BCUT2D eigenvalue weighted by Gasteiger charge is -2.09. The van der Waals surface area contributed by atoms with Gasteiger partial charge in [0.25, 0.3) is 0 Å². The molecule has 0 spiro atoms. The first-order valence-corrected chi connectivity index (χ1v) is 10.2. The zero-order valence-electron chi connectivity index (χ0n) is 15.7. The fraction of sp³-hybridized carbons (Fsp3) is 0. The number of hydrogen-bond donors (Lipinski definition) is 0. The molecule has 0 radical (unpaired) electrons. The third-order valence-corrected chi connectivity index (χ3v) is 6.09. The van der Waals surface area contributed by atoms with Crippen LogP contribution < -0.4 is 0 Å². The van der Waals surface area contributed by atoms with Gasteiger partial charge >= 0.3 is 0 Å². The van der Waals surface area contributed by atoms with E-state index in [9.17, 15) is 0 Å². The maximum absolute atomic E-state index is 6.20. The molecule has 0 fully saturated rings. The minimum Gasteiger partial charge on any atom is -0.0843 e. The van der Waals surface area contributed by atoms with Gasteiger partial charge in [0.2, 0.25) is 0 Å². The van der Waals surface area contributed by atoms with Gasteiger partial charge in [0.05, 0.1) is 0 Å². The van der Waals surface area contributed by atoms with Crippen molar-refractivity contribution in [1.82, 2.24) is 0 Å². The Morgan fingerprint density at radius 1 is 0.414 bits per heavy atom. The minimum atomic E-state index is 0.760. The third-order valence-electron chi connectivity index (χ3n) is 5.86. The highest BCUT2D eigenvalue weighted by atomic mass is 35.5. The Morgan fingerprint density at radius 2 is 1.00 bits per heavy atom. The molecule has 136 valence electrons. The molecule has 6 rings (SSSR count). The van der Waals surface area contributed by atoms with Crippen molar-refractivity contribution >= 4 is 22.4 Å². The van der Waals surface area contributed by atoms with Crippen molar-refractivity contribution in [3.8, 4) is 44.5 Å². The van der Waals surface area contributed by atoms with Gasteiger partial charge in [-0.1, -0.05) is 90.5 Å². The molecule has 0 heterocycles. The fourth-order valence-electron chi connectivity index (χ4n) is 4.52. The largest absolute Gasteiger partial charge is 0.0843 e. The van der Waals surface area contributed by atoms with Crippen LogP contribution in [-0.4, -0.2) is 0 Å². The van der Waals surface area contributed by atoms with Gasteiger partial charge < -0.3 is 0 Å². The van der Waals surface area contributed by atoms with Crippen LogP contribution in [0.5, 0.6) is 0 Å². The Bertz CT molecular complexity index is 1410. The van der Waals surface area contributed by atoms with Gasteiger partial charge in [0.1, 0.15) is 0 Å². The molecule has 1 aliphatic carbocycles. The summed E-state index contributed by atoms with van der Waals surface area (Å²) >= 11 is 6.20. The second-order valence-corrected chi connectivity index (χ2v) is 8.00. The van der Waals surface area contributed by atoms with E-state index in [1.165, 1.54) is 49.7 Å². The number of fused-ring (bicyclic) bond motifs is 3. The van der Waals surface area contributed by atoms with E-state index < -0.39 is 0 Å². The SMILES string of the molecule is Clc1cccc(-c2cccc(-c3ccc4c(c3)-c3cccc5cccc-4c35)c2)c1. The first-order chi connectivity index (χ1) is 14.3. The average molecular weight is 389 g/mol. The summed E-state index contributed by atoms with van der Waals surface area (Å²) in [5.41, 5.74) is 10.1. The molecular weight excluding hydrogens is 372 g/mol. The van der Waals surface area contributed by atoms with Gasteiger partial charge in [-0.25, -0.2) is 0 Å². The Labute approximate surface area is 175 Å². The van der Waals surface area contributed by atoms with Gasteiger partial charge in [-0.05, 0) is 79.5 Å². The van der Waals surface area contributed by atoms with E-state index in [0.29, 0.717) is 0 Å². The second-order valence-electron chi connectivity index (χ2n) is 7.56. The fourth-order valence-corrected chi connectivity index (χ4v) is 4.71. The zero-order chi connectivity index (χ0) is 19.4. The van der Waals surface area contributed by atoms with Crippen molar-refractivity contribution in [3.05, 3.63) is 108 Å². The van der Waals surface area contributed by atoms with Crippen LogP contribution in [0.25, 0.3) is 55.3 Å². The van der Waals surface area contributed by atoms with Gasteiger partial charge in [-0.2, -0.15) is 0 Å². The van der Waals surface area contributed by atoms with E-state index in [4.69, 9.17) is 11.6 Å². The Morgan fingerprint density at radius 3 is 1.72 bits per heavy atom. The third kappa shape index (κ3) is 2.61. The molecule has 29 heavy (non-hydrogen) atoms. The van der Waals surface area contributed by atoms with Crippen LogP contribution >= 0.6 is 11.6 Å². The number of hydrogen-bond acceptors (Lipinski definition) is 0. The van der Waals surface area contributed by atoms with Crippen molar-refractivity contribution in [1.29, 1.82) is 0 Å². The van der Waals surface area contributed by atoms with Crippen LogP contribution in [0.2, 0.25) is 5.02 Å². The van der Waals surface area contributed by atoms with Crippen LogP contribution in [-0.2, 0) is 0 Å². The molecular formula is C28H17Cl. The lowest BCUT2D eigenvalue weighted by molar-refractivity contribution is 1.59. The molecule has 5 aromatic rings. The van der Waals surface area contributed by atoms with Crippen molar-refractivity contribution in [2.24, 2.45) is 0 Å². The molecule has 0 amide bonds. The van der Waals surface area contributed by atoms with E-state index in [1.54, 1.807) is 0 Å². The van der Waals surface area contributed by atoms with E-state index >= 15 is 0 Å². The van der Waals surface area contributed by atoms with Crippen molar-refractivity contribution in [3.63, 3.8) is 0 Å². The Hall–Kier alpha value is -3.35. The molecule has 0 aliphatic heterocycles. The highest BCUT2D eigenvalue weighted by Crippen LogP contribution is 2.48. The van der Waals surface area contributed by atoms with Gasteiger partial charge in [-0.15, -0.1) is 0 Å². The first kappa shape index (κ1) is 16.6. The molecule has 0 N–H and O–H groups in total. The molecule has 0 aromatic heterocycles. The average Bonchev–Trinajstić information content (AvgIpc) is 3.09. The summed E-state index contributed by atoms with van der Waals surface area (Å²) in [5.74, 6) is 0. The summed E-state index contributed by atoms with van der Waals surface area (Å²) < 4.78 is 0. The summed E-state index contributed by atoms with van der Waals surface area (Å²) in [5, 5.41) is 3.44. The highest BCUT2D eigenvalue weighted by molar-refractivity contribution is 6.30. The van der Waals surface area contributed by atoms with Gasteiger partial charge in [0.15, 0.2) is 0 Å². The number of halogens is 1. The number of benzene rings is 5. The molecule has 1 aliphatic rings. The molecule has 0 atom stereocenters. The maximum Gasteiger partial charge on any atom is 0.0412 e. The topological polar surface area (TPSA) is 0 Å². The molecule has 0 unspecified atom stereocenters. The second kappa shape index (κ2) is 6.34. The molecule has 0 nitrogen and oxygen atoms in total. The van der Waals surface area contributed by atoms with Crippen LogP contribution in [0.4, 0.5) is 0 Å². The number of rotatable bonds is 2. The van der Waals surface area contributed by atoms with E-state index in [1.807, 2.05) is 18.2 Å². The minimum absolute atomic E-state index is 0.760. The monoisotopic (exact) mass is 388 g/mol. The molecule has 0 saturated carbocycles.